The van der Waals surface area contributed by atoms with Gasteiger partial charge in [0.1, 0.15) is 6.54 Å². The molecule has 1 aromatic carbocycles. The number of carbonyl (C=O) groups excluding carboxylic acids is 2. The molecule has 29 heavy (non-hydrogen) atoms. The van der Waals surface area contributed by atoms with Crippen LogP contribution in [-0.2, 0) is 20.7 Å². The third-order valence-electron chi connectivity index (χ3n) is 5.11. The first-order valence-corrected chi connectivity index (χ1v) is 9.89. The van der Waals surface area contributed by atoms with Crippen LogP contribution in [0, 0.1) is 0 Å². The molecule has 1 saturated heterocycles. The highest BCUT2D eigenvalue weighted by Crippen LogP contribution is 2.30. The van der Waals surface area contributed by atoms with Gasteiger partial charge >= 0.3 is 0 Å². The molecule has 154 valence electrons. The zero-order chi connectivity index (χ0) is 20.6. The van der Waals surface area contributed by atoms with Gasteiger partial charge in [0.05, 0.1) is 24.6 Å². The fourth-order valence-electron chi connectivity index (χ4n) is 3.36. The minimum Gasteiger partial charge on any atom is -0.378 e. The lowest BCUT2D eigenvalue weighted by Crippen LogP contribution is -2.43. The van der Waals surface area contributed by atoms with E-state index < -0.39 is 0 Å². The molecule has 0 atom stereocenters. The van der Waals surface area contributed by atoms with Gasteiger partial charge in [-0.15, -0.1) is 0 Å². The van der Waals surface area contributed by atoms with Crippen LogP contribution in [0.4, 0.5) is 11.4 Å². The molecule has 0 saturated carbocycles. The number of benzene rings is 1. The smallest absolute Gasteiger partial charge is 0.242 e. The van der Waals surface area contributed by atoms with Crippen molar-refractivity contribution < 1.29 is 14.3 Å². The summed E-state index contributed by atoms with van der Waals surface area (Å²) < 4.78 is 5.44. The molecule has 1 aliphatic heterocycles. The second-order valence-electron chi connectivity index (χ2n) is 7.11. The molecule has 0 unspecified atom stereocenters. The maximum absolute atomic E-state index is 12.8. The van der Waals surface area contributed by atoms with Crippen LogP contribution in [0.1, 0.15) is 12.5 Å². The molecule has 1 aromatic heterocycles. The molecule has 0 N–H and O–H groups in total. The molecule has 0 radical (unpaired) electrons. The Kier molecular flexibility index (Phi) is 7.19. The van der Waals surface area contributed by atoms with Crippen LogP contribution in [0.2, 0.25) is 0 Å². The van der Waals surface area contributed by atoms with E-state index in [1.54, 1.807) is 29.2 Å². The van der Waals surface area contributed by atoms with Crippen LogP contribution in [0.5, 0.6) is 0 Å². The van der Waals surface area contributed by atoms with Crippen molar-refractivity contribution >= 4 is 23.2 Å². The van der Waals surface area contributed by atoms with Gasteiger partial charge in [0, 0.05) is 46.0 Å². The molecule has 2 aromatic rings. The number of pyridine rings is 1. The molecule has 2 amide bonds. The van der Waals surface area contributed by atoms with Gasteiger partial charge in [-0.2, -0.15) is 0 Å². The Morgan fingerprint density at radius 1 is 1.10 bits per heavy atom. The van der Waals surface area contributed by atoms with Crippen molar-refractivity contribution in [2.75, 3.05) is 56.2 Å². The van der Waals surface area contributed by atoms with Crippen molar-refractivity contribution in [2.45, 2.75) is 13.3 Å². The van der Waals surface area contributed by atoms with Gasteiger partial charge in [0.2, 0.25) is 11.8 Å². The predicted octanol–water partition coefficient (Wildman–Crippen LogP) is 1.97. The van der Waals surface area contributed by atoms with E-state index >= 15 is 0 Å². The number of para-hydroxylation sites is 2. The molecular formula is C22H28N4O3. The van der Waals surface area contributed by atoms with Crippen LogP contribution >= 0.6 is 0 Å². The number of carbonyl (C=O) groups is 2. The van der Waals surface area contributed by atoms with Crippen molar-refractivity contribution in [1.82, 2.24) is 9.88 Å². The summed E-state index contributed by atoms with van der Waals surface area (Å²) in [6.07, 6.45) is 4.24. The number of nitrogens with zero attached hydrogens (tertiary/aromatic N) is 4. The van der Waals surface area contributed by atoms with Crippen LogP contribution in [0.15, 0.2) is 48.8 Å². The summed E-state index contributed by atoms with van der Waals surface area (Å²) in [5.41, 5.74) is 2.84. The SMILES string of the molecule is CC(=O)N(CC(=O)N(C)CCc1ccncc1)c1ccccc1N1CCOCC1. The highest BCUT2D eigenvalue weighted by molar-refractivity contribution is 6.00. The van der Waals surface area contributed by atoms with Crippen molar-refractivity contribution in [2.24, 2.45) is 0 Å². The molecule has 7 nitrogen and oxygen atoms in total. The lowest BCUT2D eigenvalue weighted by molar-refractivity contribution is -0.130. The monoisotopic (exact) mass is 396 g/mol. The number of hydrogen-bond donors (Lipinski definition) is 0. The van der Waals surface area contributed by atoms with Crippen molar-refractivity contribution in [3.63, 3.8) is 0 Å². The summed E-state index contributed by atoms with van der Waals surface area (Å²) in [4.78, 5) is 34.7. The summed E-state index contributed by atoms with van der Waals surface area (Å²) >= 11 is 0. The zero-order valence-corrected chi connectivity index (χ0v) is 17.1. The van der Waals surface area contributed by atoms with Gasteiger partial charge in [-0.3, -0.25) is 14.6 Å². The largest absolute Gasteiger partial charge is 0.378 e. The number of ether oxygens (including phenoxy) is 1. The van der Waals surface area contributed by atoms with Crippen molar-refractivity contribution in [3.8, 4) is 0 Å². The number of hydrogen-bond acceptors (Lipinski definition) is 5. The maximum atomic E-state index is 12.8. The highest BCUT2D eigenvalue weighted by atomic mass is 16.5. The van der Waals surface area contributed by atoms with Crippen LogP contribution in [-0.4, -0.2) is 68.1 Å². The highest BCUT2D eigenvalue weighted by Gasteiger charge is 2.23. The van der Waals surface area contributed by atoms with Crippen molar-refractivity contribution in [3.05, 3.63) is 54.4 Å². The Bertz CT molecular complexity index is 822. The predicted molar refractivity (Wildman–Crippen MR) is 113 cm³/mol. The van der Waals surface area contributed by atoms with Gasteiger partial charge < -0.3 is 19.4 Å². The summed E-state index contributed by atoms with van der Waals surface area (Å²) in [5, 5.41) is 0. The second-order valence-corrected chi connectivity index (χ2v) is 7.11. The summed E-state index contributed by atoms with van der Waals surface area (Å²) in [5.74, 6) is -0.243. The Labute approximate surface area is 171 Å². The fourth-order valence-corrected chi connectivity index (χ4v) is 3.36. The van der Waals surface area contributed by atoms with E-state index in [-0.39, 0.29) is 18.4 Å². The Morgan fingerprint density at radius 2 is 1.79 bits per heavy atom. The molecule has 7 heteroatoms. The molecule has 0 aliphatic carbocycles. The van der Waals surface area contributed by atoms with Crippen LogP contribution < -0.4 is 9.80 Å². The third kappa shape index (κ3) is 5.54. The quantitative estimate of drug-likeness (QED) is 0.716. The molecular weight excluding hydrogens is 368 g/mol. The van der Waals surface area contributed by atoms with E-state index in [0.717, 1.165) is 36.4 Å². The average molecular weight is 396 g/mol. The third-order valence-corrected chi connectivity index (χ3v) is 5.11. The molecule has 1 fully saturated rings. The summed E-state index contributed by atoms with van der Waals surface area (Å²) in [6.45, 7) is 4.95. The van der Waals surface area contributed by atoms with Gasteiger partial charge in [0.15, 0.2) is 0 Å². The van der Waals surface area contributed by atoms with Crippen LogP contribution in [0.25, 0.3) is 0 Å². The van der Waals surface area contributed by atoms with Gasteiger partial charge in [-0.05, 0) is 36.2 Å². The van der Waals surface area contributed by atoms with E-state index in [1.165, 1.54) is 6.92 Å². The summed E-state index contributed by atoms with van der Waals surface area (Å²) in [6, 6.07) is 11.6. The van der Waals surface area contributed by atoms with Gasteiger partial charge in [-0.25, -0.2) is 0 Å². The first-order valence-electron chi connectivity index (χ1n) is 9.89. The number of likely N-dealkylation sites (N-methyl/N-ethyl adjacent to an activating group) is 1. The number of rotatable bonds is 7. The number of aromatic nitrogens is 1. The van der Waals surface area contributed by atoms with Crippen LogP contribution in [0.3, 0.4) is 0 Å². The Balaban J connectivity index is 1.70. The molecule has 1 aliphatic rings. The van der Waals surface area contributed by atoms with Crippen molar-refractivity contribution in [1.29, 1.82) is 0 Å². The molecule has 0 bridgehead atoms. The topological polar surface area (TPSA) is 66.0 Å². The van der Waals surface area contributed by atoms with Gasteiger partial charge in [0.25, 0.3) is 0 Å². The normalized spacial score (nSPS) is 13.8. The zero-order valence-electron chi connectivity index (χ0n) is 17.1. The van der Waals surface area contributed by atoms with E-state index in [9.17, 15) is 9.59 Å². The summed E-state index contributed by atoms with van der Waals surface area (Å²) in [7, 11) is 1.77. The lowest BCUT2D eigenvalue weighted by atomic mass is 10.2. The first kappa shape index (κ1) is 20.8. The minimum atomic E-state index is -0.151. The van der Waals surface area contributed by atoms with E-state index in [2.05, 4.69) is 9.88 Å². The average Bonchev–Trinajstić information content (AvgIpc) is 2.76. The van der Waals surface area contributed by atoms with E-state index in [4.69, 9.17) is 4.74 Å². The number of amides is 2. The number of morpholine rings is 1. The molecule has 0 spiro atoms. The standard InChI is InChI=1S/C22H28N4O3/c1-18(27)26(17-22(28)24(2)12-9-19-7-10-23-11-8-19)21-6-4-3-5-20(21)25-13-15-29-16-14-25/h3-8,10-11H,9,12-17H2,1-2H3. The van der Waals surface area contributed by atoms with E-state index in [0.29, 0.717) is 19.8 Å². The first-order chi connectivity index (χ1) is 14.1. The minimum absolute atomic E-state index is 0.0174. The second kappa shape index (κ2) is 10.0. The molecule has 2 heterocycles. The number of anilines is 2. The molecule has 3 rings (SSSR count). The lowest BCUT2D eigenvalue weighted by Gasteiger charge is -2.33. The fraction of sp³-hybridized carbons (Fsp3) is 0.409. The Hall–Kier alpha value is -2.93. The Morgan fingerprint density at radius 3 is 2.48 bits per heavy atom. The maximum Gasteiger partial charge on any atom is 0.242 e. The van der Waals surface area contributed by atoms with E-state index in [1.807, 2.05) is 36.4 Å². The van der Waals surface area contributed by atoms with Gasteiger partial charge in [-0.1, -0.05) is 12.1 Å².